The highest BCUT2D eigenvalue weighted by Crippen LogP contribution is 2.29. The van der Waals surface area contributed by atoms with Crippen LogP contribution in [-0.4, -0.2) is 29.6 Å². The topological polar surface area (TPSA) is 83.6 Å². The highest BCUT2D eigenvalue weighted by molar-refractivity contribution is 5.97. The molecule has 1 aromatic carbocycles. The number of hydrogen-bond acceptors (Lipinski definition) is 3. The Bertz CT molecular complexity index is 588. The first-order valence-electron chi connectivity index (χ1n) is 10.0. The molecule has 0 fully saturated rings. The van der Waals surface area contributed by atoms with Crippen LogP contribution in [0.25, 0.3) is 0 Å². The van der Waals surface area contributed by atoms with E-state index >= 15 is 0 Å². The molecule has 0 aliphatic heterocycles. The second-order valence-corrected chi connectivity index (χ2v) is 8.12. The van der Waals surface area contributed by atoms with Crippen molar-refractivity contribution in [2.45, 2.75) is 59.9 Å². The molecule has 0 saturated heterocycles. The molecule has 0 aromatic heterocycles. The molecule has 0 saturated carbocycles. The molecule has 0 heterocycles. The minimum absolute atomic E-state index is 0.0432. The van der Waals surface area contributed by atoms with Crippen molar-refractivity contribution in [2.24, 2.45) is 29.4 Å². The lowest BCUT2D eigenvalue weighted by Crippen LogP contribution is -2.47. The van der Waals surface area contributed by atoms with E-state index in [1.165, 1.54) is 0 Å². The van der Waals surface area contributed by atoms with E-state index in [4.69, 9.17) is 5.73 Å². The molecule has 0 aliphatic rings. The molecule has 1 aromatic rings. The Morgan fingerprint density at radius 2 is 1.70 bits per heavy atom. The van der Waals surface area contributed by atoms with E-state index in [0.29, 0.717) is 24.8 Å². The molecular formula is C22H36N2O3. The summed E-state index contributed by atoms with van der Waals surface area (Å²) >= 11 is 0. The van der Waals surface area contributed by atoms with Crippen molar-refractivity contribution in [3.8, 4) is 0 Å². The van der Waals surface area contributed by atoms with Crippen LogP contribution in [0.4, 0.5) is 5.69 Å². The summed E-state index contributed by atoms with van der Waals surface area (Å²) in [5, 5.41) is 9.41. The standard InChI is InChI=1S/C22H36N2O3/c1-6-16(4)17(5)18(13-21(25)26)14-24(19-10-8-7-9-11-19)22(27)20(23)12-15(2)3/h7-11,15-18,20H,6,12-14,23H2,1-5H3,(H,25,26). The number of amides is 1. The first kappa shape index (κ1) is 23.2. The van der Waals surface area contributed by atoms with E-state index in [0.717, 1.165) is 12.1 Å². The zero-order valence-electron chi connectivity index (χ0n) is 17.4. The van der Waals surface area contributed by atoms with Gasteiger partial charge in [-0.2, -0.15) is 0 Å². The molecule has 0 aliphatic carbocycles. The molecule has 1 amide bonds. The van der Waals surface area contributed by atoms with Crippen LogP contribution >= 0.6 is 0 Å². The number of anilines is 1. The second kappa shape index (κ2) is 11.1. The minimum atomic E-state index is -0.831. The molecule has 0 radical (unpaired) electrons. The van der Waals surface area contributed by atoms with Gasteiger partial charge in [-0.3, -0.25) is 9.59 Å². The van der Waals surface area contributed by atoms with Gasteiger partial charge in [0.2, 0.25) is 5.91 Å². The number of carbonyl (C=O) groups excluding carboxylic acids is 1. The average molecular weight is 377 g/mol. The number of para-hydroxylation sites is 1. The van der Waals surface area contributed by atoms with Crippen molar-refractivity contribution in [3.05, 3.63) is 30.3 Å². The van der Waals surface area contributed by atoms with Gasteiger partial charge < -0.3 is 15.7 Å². The Balaban J connectivity index is 3.15. The third-order valence-electron chi connectivity index (χ3n) is 5.52. The molecule has 0 bridgehead atoms. The van der Waals surface area contributed by atoms with Gasteiger partial charge in [0.05, 0.1) is 12.5 Å². The fraction of sp³-hybridized carbons (Fsp3) is 0.636. The van der Waals surface area contributed by atoms with Gasteiger partial charge in [0.25, 0.3) is 0 Å². The van der Waals surface area contributed by atoms with E-state index in [1.807, 2.05) is 44.2 Å². The predicted octanol–water partition coefficient (Wildman–Crippen LogP) is 4.17. The summed E-state index contributed by atoms with van der Waals surface area (Å²) in [4.78, 5) is 26.3. The largest absolute Gasteiger partial charge is 0.481 e. The molecule has 1 rings (SSSR count). The minimum Gasteiger partial charge on any atom is -0.481 e. The summed E-state index contributed by atoms with van der Waals surface area (Å²) < 4.78 is 0. The zero-order chi connectivity index (χ0) is 20.6. The number of benzene rings is 1. The molecule has 27 heavy (non-hydrogen) atoms. The fourth-order valence-corrected chi connectivity index (χ4v) is 3.45. The third-order valence-corrected chi connectivity index (χ3v) is 5.52. The Kier molecular flexibility index (Phi) is 9.50. The molecule has 5 nitrogen and oxygen atoms in total. The van der Waals surface area contributed by atoms with Crippen LogP contribution in [0.1, 0.15) is 53.9 Å². The van der Waals surface area contributed by atoms with Crippen LogP contribution in [-0.2, 0) is 9.59 Å². The van der Waals surface area contributed by atoms with E-state index in [9.17, 15) is 14.7 Å². The van der Waals surface area contributed by atoms with Gasteiger partial charge in [-0.1, -0.05) is 59.2 Å². The maximum atomic E-state index is 13.1. The summed E-state index contributed by atoms with van der Waals surface area (Å²) in [6, 6.07) is 8.84. The van der Waals surface area contributed by atoms with Gasteiger partial charge in [0, 0.05) is 12.2 Å². The van der Waals surface area contributed by atoms with E-state index in [1.54, 1.807) is 4.90 Å². The number of carboxylic acids is 1. The Hall–Kier alpha value is -1.88. The van der Waals surface area contributed by atoms with Crippen molar-refractivity contribution in [1.82, 2.24) is 0 Å². The lowest BCUT2D eigenvalue weighted by molar-refractivity contribution is -0.138. The van der Waals surface area contributed by atoms with E-state index in [-0.39, 0.29) is 24.2 Å². The van der Waals surface area contributed by atoms with Crippen LogP contribution in [0, 0.1) is 23.7 Å². The van der Waals surface area contributed by atoms with Crippen molar-refractivity contribution in [3.63, 3.8) is 0 Å². The van der Waals surface area contributed by atoms with Gasteiger partial charge in [-0.15, -0.1) is 0 Å². The lowest BCUT2D eigenvalue weighted by Gasteiger charge is -2.34. The smallest absolute Gasteiger partial charge is 0.303 e. The first-order valence-corrected chi connectivity index (χ1v) is 10.0. The van der Waals surface area contributed by atoms with Crippen LogP contribution in [0.2, 0.25) is 0 Å². The van der Waals surface area contributed by atoms with Crippen LogP contribution < -0.4 is 10.6 Å². The molecular weight excluding hydrogens is 340 g/mol. The molecule has 4 atom stereocenters. The van der Waals surface area contributed by atoms with Gasteiger partial charge in [-0.25, -0.2) is 0 Å². The molecule has 5 heteroatoms. The van der Waals surface area contributed by atoms with Gasteiger partial charge in [0.15, 0.2) is 0 Å². The van der Waals surface area contributed by atoms with Crippen molar-refractivity contribution < 1.29 is 14.7 Å². The average Bonchev–Trinajstić information content (AvgIpc) is 2.63. The second-order valence-electron chi connectivity index (χ2n) is 8.12. The fourth-order valence-electron chi connectivity index (χ4n) is 3.45. The van der Waals surface area contributed by atoms with Crippen LogP contribution in [0.15, 0.2) is 30.3 Å². The normalized spacial score (nSPS) is 15.8. The number of aliphatic carboxylic acids is 1. The number of carbonyl (C=O) groups is 2. The highest BCUT2D eigenvalue weighted by atomic mass is 16.4. The van der Waals surface area contributed by atoms with E-state index in [2.05, 4.69) is 20.8 Å². The molecule has 4 unspecified atom stereocenters. The van der Waals surface area contributed by atoms with Crippen molar-refractivity contribution in [2.75, 3.05) is 11.4 Å². The number of nitrogens with zero attached hydrogens (tertiary/aromatic N) is 1. The summed E-state index contributed by atoms with van der Waals surface area (Å²) in [5.41, 5.74) is 6.96. The zero-order valence-corrected chi connectivity index (χ0v) is 17.4. The highest BCUT2D eigenvalue weighted by Gasteiger charge is 2.30. The van der Waals surface area contributed by atoms with E-state index < -0.39 is 12.0 Å². The number of nitrogens with two attached hydrogens (primary N) is 1. The quantitative estimate of drug-likeness (QED) is 0.607. The maximum absolute atomic E-state index is 13.1. The summed E-state index contributed by atoms with van der Waals surface area (Å²) in [6.07, 6.45) is 1.62. The summed E-state index contributed by atoms with van der Waals surface area (Å²) in [6.45, 7) is 10.8. The Morgan fingerprint density at radius 3 is 2.19 bits per heavy atom. The molecule has 152 valence electrons. The first-order chi connectivity index (χ1) is 12.7. The Morgan fingerprint density at radius 1 is 1.11 bits per heavy atom. The van der Waals surface area contributed by atoms with Gasteiger partial charge >= 0.3 is 5.97 Å². The summed E-state index contributed by atoms with van der Waals surface area (Å²) in [5.74, 6) is -0.218. The maximum Gasteiger partial charge on any atom is 0.303 e. The van der Waals surface area contributed by atoms with Crippen LogP contribution in [0.3, 0.4) is 0 Å². The number of hydrogen-bond donors (Lipinski definition) is 2. The SMILES string of the molecule is CCC(C)C(C)C(CC(=O)O)CN(C(=O)C(N)CC(C)C)c1ccccc1. The molecule has 3 N–H and O–H groups in total. The monoisotopic (exact) mass is 376 g/mol. The van der Waals surface area contributed by atoms with Gasteiger partial charge in [0.1, 0.15) is 0 Å². The predicted molar refractivity (Wildman–Crippen MR) is 111 cm³/mol. The van der Waals surface area contributed by atoms with Crippen molar-refractivity contribution in [1.29, 1.82) is 0 Å². The number of rotatable bonds is 11. The third kappa shape index (κ3) is 7.33. The lowest BCUT2D eigenvalue weighted by atomic mass is 9.80. The Labute approximate surface area is 163 Å². The number of carboxylic acid groups (broad SMARTS) is 1. The van der Waals surface area contributed by atoms with Crippen molar-refractivity contribution >= 4 is 17.6 Å². The summed E-state index contributed by atoms with van der Waals surface area (Å²) in [7, 11) is 0. The molecule has 0 spiro atoms. The van der Waals surface area contributed by atoms with Crippen LogP contribution in [0.5, 0.6) is 0 Å². The van der Waals surface area contributed by atoms with Gasteiger partial charge in [-0.05, 0) is 42.2 Å².